The van der Waals surface area contributed by atoms with Crippen LogP contribution in [0.5, 0.6) is 5.75 Å². The van der Waals surface area contributed by atoms with E-state index in [-0.39, 0.29) is 17.4 Å². The lowest BCUT2D eigenvalue weighted by Gasteiger charge is -2.25. The van der Waals surface area contributed by atoms with E-state index in [0.717, 1.165) is 38.0 Å². The second-order valence-electron chi connectivity index (χ2n) is 7.12. The number of benzene rings is 1. The van der Waals surface area contributed by atoms with Gasteiger partial charge in [0.25, 0.3) is 0 Å². The maximum absolute atomic E-state index is 11.7. The van der Waals surface area contributed by atoms with Crippen molar-refractivity contribution in [1.82, 2.24) is 9.97 Å². The molecule has 8 nitrogen and oxygen atoms in total. The number of anilines is 2. The molecule has 0 radical (unpaired) electrons. The molecule has 1 fully saturated rings. The number of aromatic carboxylic acids is 1. The van der Waals surface area contributed by atoms with Gasteiger partial charge < -0.3 is 24.8 Å². The van der Waals surface area contributed by atoms with Crippen molar-refractivity contribution in [1.29, 1.82) is 0 Å². The Morgan fingerprint density at radius 2 is 2.27 bits per heavy atom. The highest BCUT2D eigenvalue weighted by molar-refractivity contribution is 6.32. The molecule has 3 rings (SSSR count). The highest BCUT2D eigenvalue weighted by Crippen LogP contribution is 2.27. The number of halogens is 1. The first-order valence-electron chi connectivity index (χ1n) is 10.0. The molecule has 2 heterocycles. The summed E-state index contributed by atoms with van der Waals surface area (Å²) in [7, 11) is 1.56. The van der Waals surface area contributed by atoms with Gasteiger partial charge in [-0.2, -0.15) is 4.98 Å². The molecule has 1 aromatic heterocycles. The van der Waals surface area contributed by atoms with Gasteiger partial charge in [0.05, 0.1) is 24.8 Å². The first kappa shape index (κ1) is 22.1. The van der Waals surface area contributed by atoms with Crippen molar-refractivity contribution in [2.24, 2.45) is 0 Å². The first-order valence-corrected chi connectivity index (χ1v) is 10.4. The van der Waals surface area contributed by atoms with Crippen LogP contribution in [0.3, 0.4) is 0 Å². The summed E-state index contributed by atoms with van der Waals surface area (Å²) >= 11 is 6.18. The van der Waals surface area contributed by atoms with Crippen molar-refractivity contribution >= 4 is 29.3 Å². The minimum absolute atomic E-state index is 0.0244. The number of nitrogens with zero attached hydrogens (tertiary/aromatic N) is 3. The molecular weight excluding hydrogens is 408 g/mol. The van der Waals surface area contributed by atoms with Crippen molar-refractivity contribution in [3.63, 3.8) is 0 Å². The summed E-state index contributed by atoms with van der Waals surface area (Å²) in [6, 6.07) is 5.60. The van der Waals surface area contributed by atoms with E-state index < -0.39 is 5.97 Å². The van der Waals surface area contributed by atoms with E-state index in [0.29, 0.717) is 29.9 Å². The van der Waals surface area contributed by atoms with E-state index in [1.807, 2.05) is 6.07 Å². The van der Waals surface area contributed by atoms with Crippen LogP contribution in [0.1, 0.15) is 42.1 Å². The van der Waals surface area contributed by atoms with Gasteiger partial charge in [0, 0.05) is 25.9 Å². The number of hydrogen-bond acceptors (Lipinski definition) is 7. The first-order chi connectivity index (χ1) is 14.5. The smallest absolute Gasteiger partial charge is 0.341 e. The SMILES string of the molecule is CCCOCC1CCCN1c1ncc(C(=O)O)c(NCc2ccc(OC)c(Cl)c2)n1. The van der Waals surface area contributed by atoms with E-state index in [9.17, 15) is 9.90 Å². The van der Waals surface area contributed by atoms with Gasteiger partial charge in [-0.1, -0.05) is 24.6 Å². The molecule has 1 aromatic carbocycles. The largest absolute Gasteiger partial charge is 0.495 e. The summed E-state index contributed by atoms with van der Waals surface area (Å²) in [4.78, 5) is 22.6. The zero-order valence-electron chi connectivity index (χ0n) is 17.2. The predicted molar refractivity (Wildman–Crippen MR) is 116 cm³/mol. The zero-order valence-corrected chi connectivity index (χ0v) is 18.0. The lowest BCUT2D eigenvalue weighted by molar-refractivity contribution is 0.0697. The van der Waals surface area contributed by atoms with Gasteiger partial charge in [-0.3, -0.25) is 0 Å². The molecule has 0 spiro atoms. The fourth-order valence-electron chi connectivity index (χ4n) is 3.44. The quantitative estimate of drug-likeness (QED) is 0.544. The Morgan fingerprint density at radius 3 is 2.97 bits per heavy atom. The summed E-state index contributed by atoms with van der Waals surface area (Å²) < 4.78 is 10.9. The number of methoxy groups -OCH3 is 1. The van der Waals surface area contributed by atoms with Crippen LogP contribution in [0.4, 0.5) is 11.8 Å². The van der Waals surface area contributed by atoms with Crippen LogP contribution in [0.25, 0.3) is 0 Å². The minimum atomic E-state index is -1.08. The minimum Gasteiger partial charge on any atom is -0.495 e. The number of hydrogen-bond donors (Lipinski definition) is 2. The van der Waals surface area contributed by atoms with E-state index in [2.05, 4.69) is 27.1 Å². The Kier molecular flexibility index (Phi) is 7.70. The van der Waals surface area contributed by atoms with E-state index in [1.165, 1.54) is 6.20 Å². The molecule has 1 aliphatic heterocycles. The van der Waals surface area contributed by atoms with Crippen LogP contribution in [-0.4, -0.2) is 54.0 Å². The molecule has 1 unspecified atom stereocenters. The highest BCUT2D eigenvalue weighted by Gasteiger charge is 2.28. The molecule has 2 aromatic rings. The third-order valence-corrected chi connectivity index (χ3v) is 5.27. The lowest BCUT2D eigenvalue weighted by atomic mass is 10.2. The number of ether oxygens (including phenoxy) is 2. The summed E-state index contributed by atoms with van der Waals surface area (Å²) in [6.07, 6.45) is 4.36. The van der Waals surface area contributed by atoms with Crippen molar-refractivity contribution in [2.75, 3.05) is 37.1 Å². The van der Waals surface area contributed by atoms with Crippen LogP contribution in [-0.2, 0) is 11.3 Å². The van der Waals surface area contributed by atoms with E-state index >= 15 is 0 Å². The Bertz CT molecular complexity index is 880. The number of aromatic nitrogens is 2. The third kappa shape index (κ3) is 5.31. The number of rotatable bonds is 10. The van der Waals surface area contributed by atoms with Crippen molar-refractivity contribution < 1.29 is 19.4 Å². The molecule has 0 amide bonds. The van der Waals surface area contributed by atoms with Crippen LogP contribution in [0.15, 0.2) is 24.4 Å². The summed E-state index contributed by atoms with van der Waals surface area (Å²) in [5.41, 5.74) is 0.903. The van der Waals surface area contributed by atoms with Crippen molar-refractivity contribution in [2.45, 2.75) is 38.8 Å². The molecule has 30 heavy (non-hydrogen) atoms. The molecular formula is C21H27ClN4O4. The fourth-order valence-corrected chi connectivity index (χ4v) is 3.72. The van der Waals surface area contributed by atoms with E-state index in [1.54, 1.807) is 19.2 Å². The van der Waals surface area contributed by atoms with Gasteiger partial charge in [0.15, 0.2) is 0 Å². The second kappa shape index (κ2) is 10.4. The molecule has 0 saturated carbocycles. The molecule has 9 heteroatoms. The molecule has 0 aliphatic carbocycles. The van der Waals surface area contributed by atoms with Crippen molar-refractivity contribution in [3.8, 4) is 5.75 Å². The van der Waals surface area contributed by atoms with Gasteiger partial charge in [-0.15, -0.1) is 0 Å². The average molecular weight is 435 g/mol. The topological polar surface area (TPSA) is 96.8 Å². The number of carboxylic acids is 1. The van der Waals surface area contributed by atoms with Crippen LogP contribution in [0, 0.1) is 0 Å². The van der Waals surface area contributed by atoms with Crippen LogP contribution in [0.2, 0.25) is 5.02 Å². The maximum Gasteiger partial charge on any atom is 0.341 e. The van der Waals surface area contributed by atoms with Crippen LogP contribution >= 0.6 is 11.6 Å². The molecule has 2 N–H and O–H groups in total. The molecule has 1 saturated heterocycles. The van der Waals surface area contributed by atoms with Crippen molar-refractivity contribution in [3.05, 3.63) is 40.5 Å². The Balaban J connectivity index is 1.77. The molecule has 0 bridgehead atoms. The standard InChI is InChI=1S/C21H27ClN4O4/c1-3-9-30-13-15-5-4-8-26(15)21-24-12-16(20(27)28)19(25-21)23-11-14-6-7-18(29-2)17(22)10-14/h6-7,10,12,15H,3-5,8-9,11,13H2,1-2H3,(H,27,28)(H,23,24,25). The van der Waals surface area contributed by atoms with Gasteiger partial charge in [0.1, 0.15) is 17.1 Å². The summed E-state index contributed by atoms with van der Waals surface area (Å²) in [6.45, 7) is 4.60. The van der Waals surface area contributed by atoms with Gasteiger partial charge in [-0.25, -0.2) is 9.78 Å². The Hall–Kier alpha value is -2.58. The fraction of sp³-hybridized carbons (Fsp3) is 0.476. The number of nitrogens with one attached hydrogen (secondary N) is 1. The maximum atomic E-state index is 11.7. The van der Waals surface area contributed by atoms with Gasteiger partial charge >= 0.3 is 5.97 Å². The normalized spacial score (nSPS) is 16.0. The Morgan fingerprint density at radius 1 is 1.43 bits per heavy atom. The average Bonchev–Trinajstić information content (AvgIpc) is 3.21. The zero-order chi connectivity index (χ0) is 21.5. The van der Waals surface area contributed by atoms with Gasteiger partial charge in [-0.05, 0) is 37.0 Å². The number of carboxylic acid groups (broad SMARTS) is 1. The molecule has 1 atom stereocenters. The van der Waals surface area contributed by atoms with E-state index in [4.69, 9.17) is 21.1 Å². The molecule has 162 valence electrons. The monoisotopic (exact) mass is 434 g/mol. The second-order valence-corrected chi connectivity index (χ2v) is 7.53. The van der Waals surface area contributed by atoms with Gasteiger partial charge in [0.2, 0.25) is 5.95 Å². The number of carbonyl (C=O) groups is 1. The Labute approximate surface area is 181 Å². The third-order valence-electron chi connectivity index (χ3n) is 4.98. The highest BCUT2D eigenvalue weighted by atomic mass is 35.5. The summed E-state index contributed by atoms with van der Waals surface area (Å²) in [5, 5.41) is 13.1. The lowest BCUT2D eigenvalue weighted by Crippen LogP contribution is -2.34. The predicted octanol–water partition coefficient (Wildman–Crippen LogP) is 3.84. The van der Waals surface area contributed by atoms with Crippen LogP contribution < -0.4 is 15.0 Å². The summed E-state index contributed by atoms with van der Waals surface area (Å²) in [5.74, 6) is 0.292. The molecule has 1 aliphatic rings.